The fourth-order valence-corrected chi connectivity index (χ4v) is 6.77. The molecule has 5 rings (SSSR count). The number of fused-ring (bicyclic) bond motifs is 1. The van der Waals surface area contributed by atoms with E-state index in [2.05, 4.69) is 5.32 Å². The molecule has 1 heterocycles. The average Bonchev–Trinajstić information content (AvgIpc) is 3.02. The Hall–Kier alpha value is -3.60. The summed E-state index contributed by atoms with van der Waals surface area (Å²) in [7, 11) is -4.23. The number of anilines is 1. The van der Waals surface area contributed by atoms with E-state index >= 15 is 0 Å². The molecule has 4 aromatic rings. The van der Waals surface area contributed by atoms with E-state index in [1.165, 1.54) is 29.2 Å². The summed E-state index contributed by atoms with van der Waals surface area (Å²) in [5.41, 5.74) is 1.84. The summed E-state index contributed by atoms with van der Waals surface area (Å²) in [4.78, 5) is 28.4. The second-order valence-corrected chi connectivity index (χ2v) is 13.2. The Morgan fingerprint density at radius 3 is 2.23 bits per heavy atom. The number of benzene rings is 4. The number of halogens is 3. The molecular weight excluding hydrogens is 645 g/mol. The number of rotatable bonds is 10. The van der Waals surface area contributed by atoms with Crippen molar-refractivity contribution < 1.29 is 22.7 Å². The van der Waals surface area contributed by atoms with Crippen LogP contribution >= 0.6 is 34.8 Å². The Labute approximate surface area is 271 Å². The molecule has 1 N–H and O–H groups in total. The van der Waals surface area contributed by atoms with Crippen LogP contribution in [0, 0.1) is 0 Å². The van der Waals surface area contributed by atoms with Crippen LogP contribution in [0.4, 0.5) is 5.69 Å². The molecule has 0 bridgehead atoms. The van der Waals surface area contributed by atoms with Gasteiger partial charge >= 0.3 is 0 Å². The lowest BCUT2D eigenvalue weighted by molar-refractivity contribution is -0.128. The van der Waals surface area contributed by atoms with Crippen LogP contribution in [0.1, 0.15) is 11.1 Å². The molecule has 0 saturated heterocycles. The van der Waals surface area contributed by atoms with Gasteiger partial charge < -0.3 is 15.0 Å². The molecule has 0 aliphatic carbocycles. The topological polar surface area (TPSA) is 96.0 Å². The van der Waals surface area contributed by atoms with Gasteiger partial charge in [0.2, 0.25) is 15.9 Å². The minimum absolute atomic E-state index is 0.0593. The Kier molecular flexibility index (Phi) is 10.1. The van der Waals surface area contributed by atoms with Crippen molar-refractivity contribution >= 4 is 62.3 Å². The standard InChI is InChI=1S/C32H28Cl3N3O5S/c33-23-13-15-24(16-14-23)44(41,42)37(19-25-26(34)9-6-10-27(25)35)21-31(39)38-20-30(43-29-12-5-4-11-28(29)38)32(40)36-18-17-22-7-2-1-3-8-22/h1-16,30H,17-21H2,(H,36,40)/t30-/m0/s1. The van der Waals surface area contributed by atoms with Crippen LogP contribution in [0.2, 0.25) is 15.1 Å². The van der Waals surface area contributed by atoms with E-state index in [4.69, 9.17) is 39.5 Å². The van der Waals surface area contributed by atoms with Crippen LogP contribution in [-0.2, 0) is 32.6 Å². The molecule has 1 atom stereocenters. The van der Waals surface area contributed by atoms with E-state index < -0.39 is 28.6 Å². The van der Waals surface area contributed by atoms with Gasteiger partial charge in [-0.15, -0.1) is 0 Å². The maximum Gasteiger partial charge on any atom is 0.262 e. The number of sulfonamides is 1. The molecule has 0 radical (unpaired) electrons. The van der Waals surface area contributed by atoms with Gasteiger partial charge in [-0.2, -0.15) is 4.31 Å². The lowest BCUT2D eigenvalue weighted by atomic mass is 10.1. The number of hydrogen-bond donors (Lipinski definition) is 1. The molecule has 0 spiro atoms. The summed E-state index contributed by atoms with van der Waals surface area (Å²) in [6.45, 7) is -0.577. The Balaban J connectivity index is 1.40. The number of ether oxygens (including phenoxy) is 1. The molecule has 2 amide bonds. The second-order valence-electron chi connectivity index (χ2n) is 10.0. The van der Waals surface area contributed by atoms with Crippen LogP contribution in [-0.4, -0.2) is 50.3 Å². The third-order valence-electron chi connectivity index (χ3n) is 7.08. The van der Waals surface area contributed by atoms with Gasteiger partial charge in [0.1, 0.15) is 5.75 Å². The molecule has 12 heteroatoms. The molecular formula is C32H28Cl3N3O5S. The monoisotopic (exact) mass is 671 g/mol. The van der Waals surface area contributed by atoms with Crippen molar-refractivity contribution in [3.63, 3.8) is 0 Å². The van der Waals surface area contributed by atoms with E-state index in [0.29, 0.717) is 35.0 Å². The molecule has 44 heavy (non-hydrogen) atoms. The lowest BCUT2D eigenvalue weighted by Crippen LogP contribution is -2.53. The molecule has 1 aliphatic heterocycles. The highest BCUT2D eigenvalue weighted by Gasteiger charge is 2.36. The molecule has 228 valence electrons. The SMILES string of the molecule is O=C(NCCc1ccccc1)[C@@H]1CN(C(=O)CN(Cc2c(Cl)cccc2Cl)S(=O)(=O)c2ccc(Cl)cc2)c2ccccc2O1. The first kappa shape index (κ1) is 31.8. The van der Waals surface area contributed by atoms with Crippen LogP contribution < -0.4 is 15.0 Å². The number of hydrogen-bond acceptors (Lipinski definition) is 5. The molecule has 8 nitrogen and oxygen atoms in total. The lowest BCUT2D eigenvalue weighted by Gasteiger charge is -2.35. The van der Waals surface area contributed by atoms with Gasteiger partial charge in [0.15, 0.2) is 6.10 Å². The summed E-state index contributed by atoms with van der Waals surface area (Å²) >= 11 is 18.8. The maximum atomic E-state index is 14.0. The van der Waals surface area contributed by atoms with Crippen molar-refractivity contribution in [3.8, 4) is 5.75 Å². The van der Waals surface area contributed by atoms with Gasteiger partial charge in [-0.3, -0.25) is 9.59 Å². The highest BCUT2D eigenvalue weighted by atomic mass is 35.5. The maximum absolute atomic E-state index is 14.0. The van der Waals surface area contributed by atoms with Crippen LogP contribution in [0.3, 0.4) is 0 Å². The first-order valence-corrected chi connectivity index (χ1v) is 16.3. The number of carbonyl (C=O) groups is 2. The third-order valence-corrected chi connectivity index (χ3v) is 9.85. The average molecular weight is 673 g/mol. The summed E-state index contributed by atoms with van der Waals surface area (Å²) in [5.74, 6) is -0.623. The molecule has 4 aromatic carbocycles. The minimum Gasteiger partial charge on any atom is -0.477 e. The number of nitrogens with zero attached hydrogens (tertiary/aromatic N) is 2. The van der Waals surface area contributed by atoms with Crippen LogP contribution in [0.15, 0.2) is 102 Å². The number of amides is 2. The van der Waals surface area contributed by atoms with Crippen molar-refractivity contribution in [1.82, 2.24) is 9.62 Å². The van der Waals surface area contributed by atoms with Crippen LogP contribution in [0.5, 0.6) is 5.75 Å². The predicted molar refractivity (Wildman–Crippen MR) is 172 cm³/mol. The van der Waals surface area contributed by atoms with E-state index in [-0.39, 0.29) is 33.9 Å². The zero-order chi connectivity index (χ0) is 31.3. The van der Waals surface area contributed by atoms with Crippen LogP contribution in [0.25, 0.3) is 0 Å². The summed E-state index contributed by atoms with van der Waals surface area (Å²) in [5, 5.41) is 3.75. The number of nitrogens with one attached hydrogen (secondary N) is 1. The largest absolute Gasteiger partial charge is 0.477 e. The number of carbonyl (C=O) groups excluding carboxylic acids is 2. The highest BCUT2D eigenvalue weighted by molar-refractivity contribution is 7.89. The van der Waals surface area contributed by atoms with Crippen molar-refractivity contribution in [1.29, 1.82) is 0 Å². The van der Waals surface area contributed by atoms with Crippen molar-refractivity contribution in [3.05, 3.63) is 123 Å². The van der Waals surface area contributed by atoms with Gasteiger partial charge in [0.25, 0.3) is 5.91 Å². The summed E-state index contributed by atoms with van der Waals surface area (Å²) in [6.07, 6.45) is -0.385. The molecule has 0 saturated carbocycles. The van der Waals surface area contributed by atoms with Gasteiger partial charge in [0.05, 0.1) is 23.7 Å². The molecule has 0 fully saturated rings. The van der Waals surface area contributed by atoms with Gasteiger partial charge in [0, 0.05) is 33.7 Å². The molecule has 0 unspecified atom stereocenters. The van der Waals surface area contributed by atoms with Crippen molar-refractivity contribution in [2.24, 2.45) is 0 Å². The van der Waals surface area contributed by atoms with Crippen molar-refractivity contribution in [2.45, 2.75) is 24.0 Å². The fraction of sp³-hybridized carbons (Fsp3) is 0.188. The van der Waals surface area contributed by atoms with E-state index in [1.807, 2.05) is 30.3 Å². The first-order chi connectivity index (χ1) is 21.1. The Morgan fingerprint density at radius 2 is 1.52 bits per heavy atom. The Morgan fingerprint density at radius 1 is 0.864 bits per heavy atom. The zero-order valence-electron chi connectivity index (χ0n) is 23.3. The second kappa shape index (κ2) is 14.0. The third kappa shape index (κ3) is 7.36. The van der Waals surface area contributed by atoms with E-state index in [0.717, 1.165) is 9.87 Å². The first-order valence-electron chi connectivity index (χ1n) is 13.7. The van der Waals surface area contributed by atoms with Gasteiger partial charge in [-0.1, -0.05) is 83.3 Å². The normalized spacial score (nSPS) is 14.5. The minimum atomic E-state index is -4.23. The molecule has 0 aromatic heterocycles. The fourth-order valence-electron chi connectivity index (χ4n) is 4.77. The van der Waals surface area contributed by atoms with E-state index in [1.54, 1.807) is 42.5 Å². The molecule has 1 aliphatic rings. The van der Waals surface area contributed by atoms with Gasteiger partial charge in [-0.05, 0) is 60.5 Å². The smallest absolute Gasteiger partial charge is 0.262 e. The van der Waals surface area contributed by atoms with Gasteiger partial charge in [-0.25, -0.2) is 8.42 Å². The summed E-state index contributed by atoms with van der Waals surface area (Å²) in [6, 6.07) is 27.0. The summed E-state index contributed by atoms with van der Waals surface area (Å²) < 4.78 is 34.7. The Bertz CT molecular complexity index is 1730. The van der Waals surface area contributed by atoms with Crippen molar-refractivity contribution in [2.75, 3.05) is 24.5 Å². The zero-order valence-corrected chi connectivity index (χ0v) is 26.4. The van der Waals surface area contributed by atoms with E-state index in [9.17, 15) is 18.0 Å². The highest BCUT2D eigenvalue weighted by Crippen LogP contribution is 2.34. The number of para-hydroxylation sites is 2. The predicted octanol–water partition coefficient (Wildman–Crippen LogP) is 5.99. The quantitative estimate of drug-likeness (QED) is 0.223.